The zero-order chi connectivity index (χ0) is 12.4. The second kappa shape index (κ2) is 5.05. The molecular weight excluding hydrogens is 198 g/mol. The lowest BCUT2D eigenvalue weighted by Crippen LogP contribution is -2.42. The van der Waals surface area contributed by atoms with Crippen molar-refractivity contribution in [2.45, 2.75) is 71.9 Å². The van der Waals surface area contributed by atoms with Crippen molar-refractivity contribution < 1.29 is 5.11 Å². The molecule has 1 fully saturated rings. The van der Waals surface area contributed by atoms with Gasteiger partial charge in [-0.2, -0.15) is 0 Å². The van der Waals surface area contributed by atoms with Crippen molar-refractivity contribution in [1.29, 1.82) is 0 Å². The van der Waals surface area contributed by atoms with Gasteiger partial charge in [-0.3, -0.25) is 0 Å². The molecule has 0 spiro atoms. The fourth-order valence-electron chi connectivity index (χ4n) is 2.93. The minimum atomic E-state index is -0.555. The van der Waals surface area contributed by atoms with Crippen molar-refractivity contribution in [3.8, 4) is 0 Å². The van der Waals surface area contributed by atoms with Crippen LogP contribution in [0.1, 0.15) is 60.3 Å². The van der Waals surface area contributed by atoms with Crippen LogP contribution in [-0.2, 0) is 0 Å². The van der Waals surface area contributed by atoms with Crippen LogP contribution in [0.3, 0.4) is 0 Å². The Morgan fingerprint density at radius 1 is 1.44 bits per heavy atom. The first-order chi connectivity index (χ1) is 7.20. The lowest BCUT2D eigenvalue weighted by atomic mass is 9.91. The van der Waals surface area contributed by atoms with E-state index in [-0.39, 0.29) is 0 Å². The second-order valence-electron chi connectivity index (χ2n) is 7.08. The van der Waals surface area contributed by atoms with Crippen molar-refractivity contribution in [3.05, 3.63) is 0 Å². The molecule has 16 heavy (non-hydrogen) atoms. The predicted molar refractivity (Wildman–Crippen MR) is 69.5 cm³/mol. The van der Waals surface area contributed by atoms with E-state index >= 15 is 0 Å². The van der Waals surface area contributed by atoms with Gasteiger partial charge >= 0.3 is 0 Å². The normalized spacial score (nSPS) is 28.3. The first-order valence-electron chi connectivity index (χ1n) is 6.66. The molecule has 96 valence electrons. The monoisotopic (exact) mass is 227 g/mol. The summed E-state index contributed by atoms with van der Waals surface area (Å²) in [6.45, 7) is 11.7. The summed E-state index contributed by atoms with van der Waals surface area (Å²) in [6, 6.07) is 0.605. The number of hydrogen-bond donors (Lipinski definition) is 2. The quantitative estimate of drug-likeness (QED) is 0.757. The third-order valence-electron chi connectivity index (χ3n) is 3.59. The summed E-state index contributed by atoms with van der Waals surface area (Å²) in [5, 5.41) is 13.7. The van der Waals surface area contributed by atoms with Crippen LogP contribution in [-0.4, -0.2) is 23.3 Å². The summed E-state index contributed by atoms with van der Waals surface area (Å²) >= 11 is 0. The molecule has 2 N–H and O–H groups in total. The summed E-state index contributed by atoms with van der Waals surface area (Å²) in [4.78, 5) is 0. The standard InChI is InChI=1S/C14H29NO/c1-11(2)8-14(5,16)10-15-12-6-7-13(3,4)9-12/h11-12,15-16H,6-10H2,1-5H3. The fourth-order valence-corrected chi connectivity index (χ4v) is 2.93. The van der Waals surface area contributed by atoms with E-state index in [2.05, 4.69) is 33.0 Å². The van der Waals surface area contributed by atoms with Gasteiger partial charge in [0.1, 0.15) is 0 Å². The van der Waals surface area contributed by atoms with Crippen molar-refractivity contribution in [2.75, 3.05) is 6.54 Å². The summed E-state index contributed by atoms with van der Waals surface area (Å²) in [7, 11) is 0. The molecule has 1 saturated carbocycles. The molecule has 0 aromatic rings. The molecule has 0 saturated heterocycles. The average molecular weight is 227 g/mol. The molecule has 2 atom stereocenters. The molecule has 2 nitrogen and oxygen atoms in total. The molecule has 0 radical (unpaired) electrons. The molecule has 0 bridgehead atoms. The molecule has 0 heterocycles. The average Bonchev–Trinajstić information content (AvgIpc) is 2.40. The molecule has 2 heteroatoms. The third-order valence-corrected chi connectivity index (χ3v) is 3.59. The number of hydrogen-bond acceptors (Lipinski definition) is 2. The van der Waals surface area contributed by atoms with Gasteiger partial charge in [0.2, 0.25) is 0 Å². The van der Waals surface area contributed by atoms with E-state index in [0.29, 0.717) is 17.4 Å². The van der Waals surface area contributed by atoms with Gasteiger partial charge in [0.25, 0.3) is 0 Å². The second-order valence-corrected chi connectivity index (χ2v) is 7.08. The van der Waals surface area contributed by atoms with Crippen LogP contribution < -0.4 is 5.32 Å². The Balaban J connectivity index is 2.29. The minimum absolute atomic E-state index is 0.488. The summed E-state index contributed by atoms with van der Waals surface area (Å²) in [5.41, 5.74) is -0.0670. The van der Waals surface area contributed by atoms with E-state index in [9.17, 15) is 5.11 Å². The van der Waals surface area contributed by atoms with Gasteiger partial charge in [0, 0.05) is 12.6 Å². The SMILES string of the molecule is CC(C)CC(C)(O)CNC1CCC(C)(C)C1. The molecule has 1 aliphatic carbocycles. The zero-order valence-corrected chi connectivity index (χ0v) is 11.6. The van der Waals surface area contributed by atoms with Crippen molar-refractivity contribution in [2.24, 2.45) is 11.3 Å². The van der Waals surface area contributed by atoms with E-state index in [1.54, 1.807) is 0 Å². The largest absolute Gasteiger partial charge is 0.389 e. The van der Waals surface area contributed by atoms with Crippen LogP contribution in [0.2, 0.25) is 0 Å². The molecule has 2 unspecified atom stereocenters. The maximum absolute atomic E-state index is 10.2. The van der Waals surface area contributed by atoms with Crippen LogP contribution in [0, 0.1) is 11.3 Å². The maximum Gasteiger partial charge on any atom is 0.0746 e. The van der Waals surface area contributed by atoms with Crippen molar-refractivity contribution >= 4 is 0 Å². The van der Waals surface area contributed by atoms with E-state index in [0.717, 1.165) is 13.0 Å². The highest BCUT2D eigenvalue weighted by Crippen LogP contribution is 2.37. The fraction of sp³-hybridized carbons (Fsp3) is 1.00. The first kappa shape index (κ1) is 14.0. The molecule has 0 aromatic carbocycles. The van der Waals surface area contributed by atoms with Gasteiger partial charge in [-0.1, -0.05) is 27.7 Å². The predicted octanol–water partition coefficient (Wildman–Crippen LogP) is 2.95. The molecule has 0 aliphatic heterocycles. The molecule has 1 aliphatic rings. The van der Waals surface area contributed by atoms with Gasteiger partial charge in [-0.15, -0.1) is 0 Å². The van der Waals surface area contributed by atoms with E-state index in [1.807, 2.05) is 6.92 Å². The summed E-state index contributed by atoms with van der Waals surface area (Å²) in [5.74, 6) is 0.553. The Bertz CT molecular complexity index is 221. The molecule has 0 amide bonds. The Morgan fingerprint density at radius 3 is 2.50 bits per heavy atom. The summed E-state index contributed by atoms with van der Waals surface area (Å²) < 4.78 is 0. The van der Waals surface area contributed by atoms with Gasteiger partial charge in [-0.25, -0.2) is 0 Å². The lowest BCUT2D eigenvalue weighted by molar-refractivity contribution is 0.0357. The van der Waals surface area contributed by atoms with E-state index in [1.165, 1.54) is 19.3 Å². The Kier molecular flexibility index (Phi) is 4.42. The topological polar surface area (TPSA) is 32.3 Å². The number of aliphatic hydroxyl groups is 1. The molecule has 1 rings (SSSR count). The Labute approximate surface area is 101 Å². The van der Waals surface area contributed by atoms with Crippen LogP contribution in [0.5, 0.6) is 0 Å². The highest BCUT2D eigenvalue weighted by molar-refractivity contribution is 4.88. The van der Waals surface area contributed by atoms with Gasteiger partial charge in [-0.05, 0) is 43.9 Å². The maximum atomic E-state index is 10.2. The molecule has 0 aromatic heterocycles. The van der Waals surface area contributed by atoms with Crippen LogP contribution in [0.15, 0.2) is 0 Å². The highest BCUT2D eigenvalue weighted by atomic mass is 16.3. The van der Waals surface area contributed by atoms with Crippen LogP contribution >= 0.6 is 0 Å². The van der Waals surface area contributed by atoms with Crippen molar-refractivity contribution in [1.82, 2.24) is 5.32 Å². The van der Waals surface area contributed by atoms with Gasteiger partial charge in [0.05, 0.1) is 5.60 Å². The minimum Gasteiger partial charge on any atom is -0.389 e. The van der Waals surface area contributed by atoms with Crippen LogP contribution in [0.25, 0.3) is 0 Å². The van der Waals surface area contributed by atoms with E-state index < -0.39 is 5.60 Å². The van der Waals surface area contributed by atoms with Crippen LogP contribution in [0.4, 0.5) is 0 Å². The van der Waals surface area contributed by atoms with E-state index in [4.69, 9.17) is 0 Å². The lowest BCUT2D eigenvalue weighted by Gasteiger charge is -2.28. The van der Waals surface area contributed by atoms with Gasteiger partial charge in [0.15, 0.2) is 0 Å². The number of rotatable bonds is 5. The summed E-state index contributed by atoms with van der Waals surface area (Å²) in [6.07, 6.45) is 4.67. The highest BCUT2D eigenvalue weighted by Gasteiger charge is 2.32. The zero-order valence-electron chi connectivity index (χ0n) is 11.6. The third kappa shape index (κ3) is 4.84. The first-order valence-corrected chi connectivity index (χ1v) is 6.66. The van der Waals surface area contributed by atoms with Gasteiger partial charge < -0.3 is 10.4 Å². The number of nitrogens with one attached hydrogen (secondary N) is 1. The Hall–Kier alpha value is -0.0800. The molecular formula is C14H29NO. The van der Waals surface area contributed by atoms with Crippen molar-refractivity contribution in [3.63, 3.8) is 0 Å². The Morgan fingerprint density at radius 2 is 2.06 bits per heavy atom. The smallest absolute Gasteiger partial charge is 0.0746 e.